The van der Waals surface area contributed by atoms with Crippen LogP contribution in [0.5, 0.6) is 0 Å². The number of hydrogen-bond acceptors (Lipinski definition) is 0. The summed E-state index contributed by atoms with van der Waals surface area (Å²) in [5.41, 5.74) is 1.40. The van der Waals surface area contributed by atoms with Crippen molar-refractivity contribution >= 4 is 10.9 Å². The summed E-state index contributed by atoms with van der Waals surface area (Å²) in [5.74, 6) is 0. The maximum Gasteiger partial charge on any atom is 0.166 e. The van der Waals surface area contributed by atoms with Gasteiger partial charge in [0.05, 0.1) is 10.9 Å². The van der Waals surface area contributed by atoms with Crippen LogP contribution in [0.3, 0.4) is 0 Å². The van der Waals surface area contributed by atoms with Crippen molar-refractivity contribution in [2.45, 2.75) is 28.0 Å². The highest BCUT2D eigenvalue weighted by atomic mass is 32.2. The molecule has 0 fully saturated rings. The van der Waals surface area contributed by atoms with E-state index in [1.807, 2.05) is 0 Å². The molecule has 1 heteroatoms. The van der Waals surface area contributed by atoms with Crippen molar-refractivity contribution in [1.29, 1.82) is 0 Å². The lowest BCUT2D eigenvalue weighted by molar-refractivity contribution is 1.12. The number of hydrogen-bond donors (Lipinski definition) is 0. The molecule has 3 rings (SSSR count). The summed E-state index contributed by atoms with van der Waals surface area (Å²) < 4.78 is 0. The summed E-state index contributed by atoms with van der Waals surface area (Å²) in [4.78, 5) is 4.14. The molecule has 0 amide bonds. The Hall–Kier alpha value is -1.99. The van der Waals surface area contributed by atoms with E-state index in [2.05, 4.69) is 91.9 Å². The minimum absolute atomic E-state index is 0.0265. The van der Waals surface area contributed by atoms with Crippen molar-refractivity contribution in [1.82, 2.24) is 0 Å². The molecule has 0 spiro atoms. The molecule has 0 atom stereocenters. The van der Waals surface area contributed by atoms with E-state index < -0.39 is 0 Å². The van der Waals surface area contributed by atoms with Crippen molar-refractivity contribution in [3.8, 4) is 0 Å². The third-order valence-corrected chi connectivity index (χ3v) is 5.71. The first-order valence-electron chi connectivity index (χ1n) is 7.32. The molecule has 0 N–H and O–H groups in total. The zero-order valence-electron chi connectivity index (χ0n) is 12.2. The predicted molar refractivity (Wildman–Crippen MR) is 90.9 cm³/mol. The van der Waals surface area contributed by atoms with Gasteiger partial charge in [-0.15, -0.1) is 0 Å². The number of rotatable bonds is 4. The third-order valence-electron chi connectivity index (χ3n) is 3.50. The van der Waals surface area contributed by atoms with Gasteiger partial charge in [0.2, 0.25) is 0 Å². The normalized spacial score (nSPS) is 10.8. The monoisotopic (exact) mass is 291 g/mol. The third kappa shape index (κ3) is 3.20. The highest BCUT2D eigenvalue weighted by Crippen LogP contribution is 2.31. The van der Waals surface area contributed by atoms with Gasteiger partial charge in [0.25, 0.3) is 0 Å². The number of aryl methyl sites for hydroxylation is 1. The van der Waals surface area contributed by atoms with Crippen LogP contribution >= 0.6 is 0 Å². The lowest BCUT2D eigenvalue weighted by Crippen LogP contribution is -2.05. The Morgan fingerprint density at radius 2 is 1.14 bits per heavy atom. The van der Waals surface area contributed by atoms with Crippen LogP contribution in [0.2, 0.25) is 0 Å². The van der Waals surface area contributed by atoms with Gasteiger partial charge in [-0.1, -0.05) is 55.5 Å². The summed E-state index contributed by atoms with van der Waals surface area (Å²) in [6.07, 6.45) is 1.08. The van der Waals surface area contributed by atoms with E-state index >= 15 is 0 Å². The van der Waals surface area contributed by atoms with Gasteiger partial charge >= 0.3 is 0 Å². The van der Waals surface area contributed by atoms with Gasteiger partial charge in [-0.25, -0.2) is 0 Å². The Morgan fingerprint density at radius 1 is 0.619 bits per heavy atom. The zero-order valence-corrected chi connectivity index (χ0v) is 13.0. The van der Waals surface area contributed by atoms with Gasteiger partial charge in [-0.05, 0) is 48.4 Å². The fraction of sp³-hybridized carbons (Fsp3) is 0.100. The fourth-order valence-corrected chi connectivity index (χ4v) is 4.57. The molecule has 3 aromatic carbocycles. The molecule has 0 nitrogen and oxygen atoms in total. The molecule has 3 aromatic rings. The lowest BCUT2D eigenvalue weighted by Gasteiger charge is -2.08. The van der Waals surface area contributed by atoms with Crippen LogP contribution < -0.4 is 0 Å². The van der Waals surface area contributed by atoms with E-state index in [-0.39, 0.29) is 10.9 Å². The average molecular weight is 291 g/mol. The SMILES string of the molecule is CCc1cccc([S+](c2ccccc2)c2ccccc2)c1. The largest absolute Gasteiger partial charge is 0.166 e. The van der Waals surface area contributed by atoms with E-state index in [1.54, 1.807) is 0 Å². The maximum atomic E-state index is 2.35. The van der Waals surface area contributed by atoms with E-state index in [9.17, 15) is 0 Å². The Bertz CT molecular complexity index is 650. The number of benzene rings is 3. The van der Waals surface area contributed by atoms with Crippen LogP contribution in [-0.2, 0) is 17.3 Å². The summed E-state index contributed by atoms with van der Waals surface area (Å²) in [7, 11) is -0.0265. The first-order chi connectivity index (χ1) is 10.4. The molecule has 0 aliphatic heterocycles. The van der Waals surface area contributed by atoms with Gasteiger partial charge in [-0.2, -0.15) is 0 Å². The van der Waals surface area contributed by atoms with Gasteiger partial charge in [0.15, 0.2) is 14.7 Å². The van der Waals surface area contributed by atoms with Crippen molar-refractivity contribution in [2.24, 2.45) is 0 Å². The second kappa shape index (κ2) is 6.64. The van der Waals surface area contributed by atoms with Gasteiger partial charge in [0.1, 0.15) is 0 Å². The summed E-state index contributed by atoms with van der Waals surface area (Å²) in [5, 5.41) is 0. The summed E-state index contributed by atoms with van der Waals surface area (Å²) >= 11 is 0. The van der Waals surface area contributed by atoms with Crippen molar-refractivity contribution in [3.05, 3.63) is 90.5 Å². The van der Waals surface area contributed by atoms with Crippen LogP contribution in [0.25, 0.3) is 0 Å². The van der Waals surface area contributed by atoms with Crippen LogP contribution in [0.15, 0.2) is 99.6 Å². The first-order valence-corrected chi connectivity index (χ1v) is 8.54. The molecule has 104 valence electrons. The Labute approximate surface area is 129 Å². The van der Waals surface area contributed by atoms with E-state index in [0.717, 1.165) is 6.42 Å². The smallest absolute Gasteiger partial charge is 0.0619 e. The molecule has 0 aromatic heterocycles. The first kappa shape index (κ1) is 14.0. The van der Waals surface area contributed by atoms with Crippen LogP contribution in [0.1, 0.15) is 12.5 Å². The molecule has 0 saturated carbocycles. The van der Waals surface area contributed by atoms with Gasteiger partial charge < -0.3 is 0 Å². The molecule has 0 heterocycles. The molecule has 0 unspecified atom stereocenters. The van der Waals surface area contributed by atoms with E-state index in [1.165, 1.54) is 20.2 Å². The molecule has 0 aliphatic carbocycles. The molecule has 0 saturated heterocycles. The molecule has 0 aliphatic rings. The average Bonchev–Trinajstić information content (AvgIpc) is 2.57. The predicted octanol–water partition coefficient (Wildman–Crippen LogP) is 5.34. The Balaban J connectivity index is 2.12. The quantitative estimate of drug-likeness (QED) is 0.569. The Morgan fingerprint density at radius 3 is 1.67 bits per heavy atom. The summed E-state index contributed by atoms with van der Waals surface area (Å²) in [6, 6.07) is 30.6. The zero-order chi connectivity index (χ0) is 14.5. The molecular formula is C20H19S+. The fourth-order valence-electron chi connectivity index (χ4n) is 2.41. The highest BCUT2D eigenvalue weighted by Gasteiger charge is 2.28. The standard InChI is InChI=1S/C20H19S/c1-2-17-10-9-15-20(16-17)21(18-11-5-3-6-12-18)19-13-7-4-8-14-19/h3-16H,2H2,1H3/q+1. The topological polar surface area (TPSA) is 0 Å². The second-order valence-electron chi connectivity index (χ2n) is 4.93. The Kier molecular flexibility index (Phi) is 4.42. The van der Waals surface area contributed by atoms with Crippen molar-refractivity contribution in [3.63, 3.8) is 0 Å². The van der Waals surface area contributed by atoms with E-state index in [4.69, 9.17) is 0 Å². The molecular weight excluding hydrogens is 272 g/mol. The van der Waals surface area contributed by atoms with Crippen LogP contribution in [0.4, 0.5) is 0 Å². The second-order valence-corrected chi connectivity index (χ2v) is 6.96. The minimum atomic E-state index is -0.0265. The molecule has 21 heavy (non-hydrogen) atoms. The van der Waals surface area contributed by atoms with Gasteiger partial charge in [-0.3, -0.25) is 0 Å². The minimum Gasteiger partial charge on any atom is -0.0619 e. The highest BCUT2D eigenvalue weighted by molar-refractivity contribution is 7.97. The molecule has 0 radical (unpaired) electrons. The van der Waals surface area contributed by atoms with Crippen LogP contribution in [-0.4, -0.2) is 0 Å². The summed E-state index contributed by atoms with van der Waals surface area (Å²) in [6.45, 7) is 2.21. The van der Waals surface area contributed by atoms with Crippen LogP contribution in [0, 0.1) is 0 Å². The van der Waals surface area contributed by atoms with Crippen molar-refractivity contribution in [2.75, 3.05) is 0 Å². The van der Waals surface area contributed by atoms with E-state index in [0.29, 0.717) is 0 Å². The maximum absolute atomic E-state index is 2.35. The van der Waals surface area contributed by atoms with Gasteiger partial charge in [0, 0.05) is 0 Å². The molecule has 0 bridgehead atoms. The van der Waals surface area contributed by atoms with Crippen molar-refractivity contribution < 1.29 is 0 Å². The lowest BCUT2D eigenvalue weighted by atomic mass is 10.2.